The van der Waals surface area contributed by atoms with Crippen LogP contribution in [0.3, 0.4) is 0 Å². The molecule has 0 atom stereocenters. The molecule has 1 aliphatic rings. The fraction of sp³-hybridized carbons (Fsp3) is 0.233. The molecule has 0 bridgehead atoms. The van der Waals surface area contributed by atoms with Crippen molar-refractivity contribution in [3.05, 3.63) is 95.1 Å². The normalized spacial score (nSPS) is 15.1. The molecular weight excluding hydrogens is 482 g/mol. The van der Waals surface area contributed by atoms with Crippen molar-refractivity contribution in [3.8, 4) is 5.75 Å². The second-order valence-electron chi connectivity index (χ2n) is 9.63. The van der Waals surface area contributed by atoms with E-state index in [2.05, 4.69) is 37.4 Å². The monoisotopic (exact) mass is 511 g/mol. The van der Waals surface area contributed by atoms with E-state index in [0.29, 0.717) is 30.4 Å². The number of nitrogens with zero attached hydrogens (tertiary/aromatic N) is 2. The number of aryl methyl sites for hydroxylation is 1. The van der Waals surface area contributed by atoms with Crippen molar-refractivity contribution in [3.63, 3.8) is 0 Å². The number of imide groups is 2. The number of hydrogen-bond donors (Lipinski definition) is 1. The molecule has 8 nitrogen and oxygen atoms in total. The van der Waals surface area contributed by atoms with Gasteiger partial charge in [-0.05, 0) is 54.3 Å². The Balaban J connectivity index is 1.41. The number of urea groups is 1. The number of nitrogens with one attached hydrogen (secondary N) is 1. The van der Waals surface area contributed by atoms with Crippen LogP contribution in [0.15, 0.2) is 77.0 Å². The molecule has 0 aliphatic carbocycles. The summed E-state index contributed by atoms with van der Waals surface area (Å²) in [5.41, 5.74) is 3.83. The van der Waals surface area contributed by atoms with Gasteiger partial charge in [0.25, 0.3) is 11.8 Å². The zero-order chi connectivity index (χ0) is 26.8. The number of barbiturate groups is 1. The average Bonchev–Trinajstić information content (AvgIpc) is 3.52. The zero-order valence-electron chi connectivity index (χ0n) is 21.6. The minimum Gasteiger partial charge on any atom is -0.491 e. The van der Waals surface area contributed by atoms with E-state index in [9.17, 15) is 14.4 Å². The number of rotatable bonds is 8. The smallest absolute Gasteiger partial charge is 0.331 e. The fourth-order valence-electron chi connectivity index (χ4n) is 4.62. The van der Waals surface area contributed by atoms with E-state index >= 15 is 0 Å². The van der Waals surface area contributed by atoms with Crippen LogP contribution in [0.2, 0.25) is 0 Å². The number of benzene rings is 2. The first kappa shape index (κ1) is 25.1. The summed E-state index contributed by atoms with van der Waals surface area (Å²) in [6.45, 7) is 7.27. The zero-order valence-corrected chi connectivity index (χ0v) is 21.6. The number of carbonyl (C=O) groups is 3. The summed E-state index contributed by atoms with van der Waals surface area (Å²) in [7, 11) is 0. The largest absolute Gasteiger partial charge is 0.491 e. The van der Waals surface area contributed by atoms with Crippen LogP contribution >= 0.6 is 0 Å². The number of para-hydroxylation sites is 1. The topological polar surface area (TPSA) is 93.8 Å². The Hall–Kier alpha value is -4.59. The maximum Gasteiger partial charge on any atom is 0.331 e. The van der Waals surface area contributed by atoms with Crippen molar-refractivity contribution in [2.24, 2.45) is 0 Å². The Morgan fingerprint density at radius 3 is 2.63 bits per heavy atom. The number of hydrogen-bond acceptors (Lipinski definition) is 5. The van der Waals surface area contributed by atoms with Crippen LogP contribution in [-0.4, -0.2) is 33.9 Å². The number of fused-ring (bicyclic) bond motifs is 1. The van der Waals surface area contributed by atoms with Crippen LogP contribution in [0.5, 0.6) is 5.75 Å². The Morgan fingerprint density at radius 2 is 1.87 bits per heavy atom. The van der Waals surface area contributed by atoms with Crippen LogP contribution in [0.1, 0.15) is 42.2 Å². The average molecular weight is 512 g/mol. The van der Waals surface area contributed by atoms with Gasteiger partial charge in [0.2, 0.25) is 0 Å². The maximum atomic E-state index is 13.2. The molecule has 2 aromatic heterocycles. The van der Waals surface area contributed by atoms with Gasteiger partial charge in [0, 0.05) is 22.7 Å². The van der Waals surface area contributed by atoms with Gasteiger partial charge in [0.15, 0.2) is 0 Å². The van der Waals surface area contributed by atoms with Gasteiger partial charge in [-0.2, -0.15) is 0 Å². The van der Waals surface area contributed by atoms with Crippen molar-refractivity contribution in [1.29, 1.82) is 0 Å². The first-order chi connectivity index (χ1) is 18.3. The summed E-state index contributed by atoms with van der Waals surface area (Å²) < 4.78 is 13.5. The number of aromatic nitrogens is 1. The van der Waals surface area contributed by atoms with Crippen molar-refractivity contribution < 1.29 is 23.5 Å². The molecule has 38 heavy (non-hydrogen) atoms. The minimum atomic E-state index is -0.773. The molecule has 1 fully saturated rings. The van der Waals surface area contributed by atoms with E-state index in [-0.39, 0.29) is 12.1 Å². The molecule has 8 heteroatoms. The molecule has 0 unspecified atom stereocenters. The first-order valence-electron chi connectivity index (χ1n) is 12.5. The SMILES string of the molecule is Cc1ccc(C(C)C)c(OCCn2cc(/C=C3/C(=O)NC(=O)N(Cc4ccco4)C3=O)c3ccccc32)c1. The third-order valence-electron chi connectivity index (χ3n) is 6.58. The van der Waals surface area contributed by atoms with E-state index in [1.54, 1.807) is 12.1 Å². The van der Waals surface area contributed by atoms with Gasteiger partial charge in [-0.15, -0.1) is 0 Å². The van der Waals surface area contributed by atoms with Gasteiger partial charge in [-0.3, -0.25) is 19.8 Å². The lowest BCUT2D eigenvalue weighted by Gasteiger charge is -2.25. The standard InChI is InChI=1S/C30H29N3O5/c1-19(2)23-11-10-20(3)15-27(23)38-14-12-32-17-21(24-8-4-5-9-26(24)32)16-25-28(34)31-30(36)33(29(25)35)18-22-7-6-13-37-22/h4-11,13,15-17,19H,12,14,18H2,1-3H3,(H,31,34,36)/b25-16-. The van der Waals surface area contributed by atoms with Crippen molar-refractivity contribution in [2.75, 3.05) is 6.61 Å². The third kappa shape index (κ3) is 4.98. The second-order valence-corrected chi connectivity index (χ2v) is 9.63. The van der Waals surface area contributed by atoms with Crippen molar-refractivity contribution in [1.82, 2.24) is 14.8 Å². The van der Waals surface area contributed by atoms with Gasteiger partial charge >= 0.3 is 6.03 Å². The lowest BCUT2D eigenvalue weighted by Crippen LogP contribution is -2.53. The quantitative estimate of drug-likeness (QED) is 0.252. The van der Waals surface area contributed by atoms with E-state index in [1.165, 1.54) is 12.3 Å². The molecule has 1 saturated heterocycles. The Morgan fingerprint density at radius 1 is 1.05 bits per heavy atom. The number of carbonyl (C=O) groups excluding carboxylic acids is 3. The lowest BCUT2D eigenvalue weighted by atomic mass is 10.0. The van der Waals surface area contributed by atoms with E-state index in [1.807, 2.05) is 42.0 Å². The number of amides is 4. The molecule has 0 saturated carbocycles. The molecule has 4 aromatic rings. The number of ether oxygens (including phenoxy) is 1. The molecule has 1 aliphatic heterocycles. The molecule has 2 aromatic carbocycles. The molecular formula is C30H29N3O5. The highest BCUT2D eigenvalue weighted by Gasteiger charge is 2.36. The highest BCUT2D eigenvalue weighted by Crippen LogP contribution is 2.29. The fourth-order valence-corrected chi connectivity index (χ4v) is 4.62. The molecule has 194 valence electrons. The first-order valence-corrected chi connectivity index (χ1v) is 12.5. The number of furan rings is 1. The molecule has 4 amide bonds. The highest BCUT2D eigenvalue weighted by molar-refractivity contribution is 6.31. The predicted octanol–water partition coefficient (Wildman–Crippen LogP) is 5.41. The van der Waals surface area contributed by atoms with Gasteiger partial charge < -0.3 is 13.7 Å². The Labute approximate surface area is 220 Å². The lowest BCUT2D eigenvalue weighted by molar-refractivity contribution is -0.130. The van der Waals surface area contributed by atoms with Crippen LogP contribution in [0.25, 0.3) is 17.0 Å². The molecule has 5 rings (SSSR count). The summed E-state index contributed by atoms with van der Waals surface area (Å²) in [5, 5.41) is 3.14. The van der Waals surface area contributed by atoms with Gasteiger partial charge in [0.05, 0.1) is 19.4 Å². The van der Waals surface area contributed by atoms with Crippen LogP contribution in [-0.2, 0) is 22.7 Å². The summed E-state index contributed by atoms with van der Waals surface area (Å²) in [5.74, 6) is 0.264. The molecule has 1 N–H and O–H groups in total. The van der Waals surface area contributed by atoms with Crippen molar-refractivity contribution in [2.45, 2.75) is 39.8 Å². The minimum absolute atomic E-state index is 0.0707. The predicted molar refractivity (Wildman–Crippen MR) is 143 cm³/mol. The Bertz CT molecular complexity index is 1550. The van der Waals surface area contributed by atoms with Gasteiger partial charge in [0.1, 0.15) is 23.7 Å². The third-order valence-corrected chi connectivity index (χ3v) is 6.58. The molecule has 3 heterocycles. The van der Waals surface area contributed by atoms with Gasteiger partial charge in [-0.25, -0.2) is 4.79 Å². The van der Waals surface area contributed by atoms with Crippen LogP contribution in [0.4, 0.5) is 4.79 Å². The Kier molecular flexibility index (Phi) is 6.87. The summed E-state index contributed by atoms with van der Waals surface area (Å²) >= 11 is 0. The molecule has 0 spiro atoms. The van der Waals surface area contributed by atoms with E-state index < -0.39 is 17.8 Å². The van der Waals surface area contributed by atoms with Crippen LogP contribution in [0, 0.1) is 6.92 Å². The van der Waals surface area contributed by atoms with E-state index in [0.717, 1.165) is 32.7 Å². The van der Waals surface area contributed by atoms with Gasteiger partial charge in [-0.1, -0.05) is 44.2 Å². The summed E-state index contributed by atoms with van der Waals surface area (Å²) in [6, 6.07) is 16.6. The summed E-state index contributed by atoms with van der Waals surface area (Å²) in [6.07, 6.45) is 4.90. The molecule has 0 radical (unpaired) electrons. The second kappa shape index (κ2) is 10.4. The van der Waals surface area contributed by atoms with E-state index in [4.69, 9.17) is 9.15 Å². The maximum absolute atomic E-state index is 13.2. The van der Waals surface area contributed by atoms with Crippen LogP contribution < -0.4 is 10.1 Å². The highest BCUT2D eigenvalue weighted by atomic mass is 16.5. The van der Waals surface area contributed by atoms with Crippen molar-refractivity contribution >= 4 is 34.8 Å². The summed E-state index contributed by atoms with van der Waals surface area (Å²) in [4.78, 5) is 39.2.